The fraction of sp³-hybridized carbons (Fsp3) is 0.727. The van der Waals surface area contributed by atoms with Crippen LogP contribution in [-0.2, 0) is 4.79 Å². The van der Waals surface area contributed by atoms with Crippen LogP contribution in [0.2, 0.25) is 0 Å². The molecule has 0 heterocycles. The van der Waals surface area contributed by atoms with Crippen LogP contribution < -0.4 is 10.6 Å². The van der Waals surface area contributed by atoms with Gasteiger partial charge in [-0.3, -0.25) is 4.79 Å². The third-order valence-corrected chi connectivity index (χ3v) is 2.69. The molecule has 15 heavy (non-hydrogen) atoms. The lowest BCUT2D eigenvalue weighted by Crippen LogP contribution is -2.43. The third kappa shape index (κ3) is 8.34. The summed E-state index contributed by atoms with van der Waals surface area (Å²) in [5, 5.41) is 5.99. The van der Waals surface area contributed by atoms with Gasteiger partial charge in [0.1, 0.15) is 0 Å². The van der Waals surface area contributed by atoms with Gasteiger partial charge in [-0.2, -0.15) is 0 Å². The molecule has 0 spiro atoms. The van der Waals surface area contributed by atoms with Gasteiger partial charge in [-0.05, 0) is 13.3 Å². The van der Waals surface area contributed by atoms with Gasteiger partial charge in [-0.1, -0.05) is 12.8 Å². The summed E-state index contributed by atoms with van der Waals surface area (Å²) in [6, 6.07) is -0.122. The minimum atomic E-state index is -0.122. The standard InChI is InChI=1S/C11H20N2OS/c1-4-6-13-11(14)10(3)12-7-9-15-8-5-2/h2,10,12H,4,6-9H2,1,3H3,(H,13,14). The van der Waals surface area contributed by atoms with Crippen molar-refractivity contribution in [1.29, 1.82) is 0 Å². The predicted molar refractivity (Wildman–Crippen MR) is 66.9 cm³/mol. The Morgan fingerprint density at radius 3 is 2.87 bits per heavy atom. The van der Waals surface area contributed by atoms with Gasteiger partial charge < -0.3 is 10.6 Å². The maximum absolute atomic E-state index is 11.4. The summed E-state index contributed by atoms with van der Waals surface area (Å²) in [5.74, 6) is 4.31. The minimum absolute atomic E-state index is 0.0683. The van der Waals surface area contributed by atoms with Crippen LogP contribution in [0.15, 0.2) is 0 Å². The average molecular weight is 228 g/mol. The lowest BCUT2D eigenvalue weighted by Gasteiger charge is -2.13. The van der Waals surface area contributed by atoms with Crippen molar-refractivity contribution in [2.45, 2.75) is 26.3 Å². The number of carbonyl (C=O) groups is 1. The van der Waals surface area contributed by atoms with Gasteiger partial charge in [-0.15, -0.1) is 18.2 Å². The van der Waals surface area contributed by atoms with Gasteiger partial charge in [-0.25, -0.2) is 0 Å². The summed E-state index contributed by atoms with van der Waals surface area (Å²) in [4.78, 5) is 11.4. The van der Waals surface area contributed by atoms with E-state index in [1.807, 2.05) is 13.8 Å². The van der Waals surface area contributed by atoms with Crippen molar-refractivity contribution in [3.8, 4) is 12.3 Å². The molecule has 0 aliphatic carbocycles. The highest BCUT2D eigenvalue weighted by Crippen LogP contribution is 1.95. The van der Waals surface area contributed by atoms with E-state index in [1.54, 1.807) is 11.8 Å². The maximum Gasteiger partial charge on any atom is 0.236 e. The molecule has 0 aliphatic rings. The highest BCUT2D eigenvalue weighted by atomic mass is 32.2. The number of hydrogen-bond acceptors (Lipinski definition) is 3. The second-order valence-electron chi connectivity index (χ2n) is 3.22. The van der Waals surface area contributed by atoms with Crippen LogP contribution in [0.1, 0.15) is 20.3 Å². The molecule has 2 N–H and O–H groups in total. The number of nitrogens with one attached hydrogen (secondary N) is 2. The number of carbonyl (C=O) groups excluding carboxylic acids is 1. The zero-order chi connectivity index (χ0) is 11.5. The summed E-state index contributed by atoms with van der Waals surface area (Å²) in [5.41, 5.74) is 0. The van der Waals surface area contributed by atoms with Gasteiger partial charge in [0.05, 0.1) is 11.8 Å². The van der Waals surface area contributed by atoms with Crippen LogP contribution in [0, 0.1) is 12.3 Å². The van der Waals surface area contributed by atoms with Gasteiger partial charge in [0.15, 0.2) is 0 Å². The Kier molecular flexibility index (Phi) is 9.44. The van der Waals surface area contributed by atoms with Crippen LogP contribution in [0.25, 0.3) is 0 Å². The molecule has 4 heteroatoms. The SMILES string of the molecule is C#CCSCCNC(C)C(=O)NCCC. The van der Waals surface area contributed by atoms with E-state index in [-0.39, 0.29) is 11.9 Å². The van der Waals surface area contributed by atoms with Crippen molar-refractivity contribution in [3.63, 3.8) is 0 Å². The number of rotatable bonds is 8. The van der Waals surface area contributed by atoms with E-state index >= 15 is 0 Å². The highest BCUT2D eigenvalue weighted by molar-refractivity contribution is 7.99. The Morgan fingerprint density at radius 2 is 2.27 bits per heavy atom. The van der Waals surface area contributed by atoms with Crippen molar-refractivity contribution in [2.24, 2.45) is 0 Å². The third-order valence-electron chi connectivity index (χ3n) is 1.82. The molecule has 0 saturated carbocycles. The van der Waals surface area contributed by atoms with Crippen LogP contribution in [0.5, 0.6) is 0 Å². The van der Waals surface area contributed by atoms with E-state index in [9.17, 15) is 4.79 Å². The molecular formula is C11H20N2OS. The first-order valence-electron chi connectivity index (χ1n) is 5.24. The fourth-order valence-electron chi connectivity index (χ4n) is 0.973. The summed E-state index contributed by atoms with van der Waals surface area (Å²) in [6.45, 7) is 5.47. The Bertz CT molecular complexity index is 213. The molecule has 0 aromatic carbocycles. The van der Waals surface area contributed by atoms with E-state index in [0.717, 1.165) is 31.0 Å². The van der Waals surface area contributed by atoms with E-state index in [4.69, 9.17) is 6.42 Å². The summed E-state index contributed by atoms with van der Waals surface area (Å²) in [7, 11) is 0. The number of amides is 1. The number of hydrogen-bond donors (Lipinski definition) is 2. The summed E-state index contributed by atoms with van der Waals surface area (Å²) >= 11 is 1.69. The predicted octanol–water partition coefficient (Wildman–Crippen LogP) is 0.857. The Hall–Kier alpha value is -0.660. The first-order valence-corrected chi connectivity index (χ1v) is 6.40. The summed E-state index contributed by atoms with van der Waals surface area (Å²) < 4.78 is 0. The zero-order valence-electron chi connectivity index (χ0n) is 9.51. The van der Waals surface area contributed by atoms with E-state index in [1.165, 1.54) is 0 Å². The zero-order valence-corrected chi connectivity index (χ0v) is 10.3. The first-order chi connectivity index (χ1) is 7.22. The largest absolute Gasteiger partial charge is 0.355 e. The van der Waals surface area contributed by atoms with Crippen LogP contribution >= 0.6 is 11.8 Å². The fourth-order valence-corrected chi connectivity index (χ4v) is 1.50. The van der Waals surface area contributed by atoms with Gasteiger partial charge >= 0.3 is 0 Å². The smallest absolute Gasteiger partial charge is 0.236 e. The Balaban J connectivity index is 3.43. The van der Waals surface area contributed by atoms with E-state index in [2.05, 4.69) is 16.6 Å². The topological polar surface area (TPSA) is 41.1 Å². The molecule has 1 unspecified atom stereocenters. The quantitative estimate of drug-likeness (QED) is 0.478. The molecule has 0 aromatic heterocycles. The molecule has 86 valence electrons. The van der Waals surface area contributed by atoms with Crippen molar-refractivity contribution < 1.29 is 4.79 Å². The molecule has 0 rings (SSSR count). The molecule has 0 radical (unpaired) electrons. The maximum atomic E-state index is 11.4. The van der Waals surface area contributed by atoms with E-state index < -0.39 is 0 Å². The highest BCUT2D eigenvalue weighted by Gasteiger charge is 2.09. The normalized spacial score (nSPS) is 11.8. The van der Waals surface area contributed by atoms with Crippen molar-refractivity contribution in [1.82, 2.24) is 10.6 Å². The monoisotopic (exact) mass is 228 g/mol. The number of thioether (sulfide) groups is 1. The van der Waals surface area contributed by atoms with Gasteiger partial charge in [0.2, 0.25) is 5.91 Å². The molecule has 3 nitrogen and oxygen atoms in total. The molecule has 0 aromatic rings. The minimum Gasteiger partial charge on any atom is -0.355 e. The summed E-state index contributed by atoms with van der Waals surface area (Å²) in [6.07, 6.45) is 6.09. The van der Waals surface area contributed by atoms with E-state index in [0.29, 0.717) is 0 Å². The number of terminal acetylenes is 1. The second-order valence-corrected chi connectivity index (χ2v) is 4.33. The average Bonchev–Trinajstić information content (AvgIpc) is 2.25. The Morgan fingerprint density at radius 1 is 1.53 bits per heavy atom. The molecule has 0 fully saturated rings. The van der Waals surface area contributed by atoms with Gasteiger partial charge in [0, 0.05) is 18.8 Å². The van der Waals surface area contributed by atoms with Crippen molar-refractivity contribution >= 4 is 17.7 Å². The lowest BCUT2D eigenvalue weighted by molar-refractivity contribution is -0.122. The van der Waals surface area contributed by atoms with Crippen LogP contribution in [0.4, 0.5) is 0 Å². The molecule has 0 bridgehead atoms. The second kappa shape index (κ2) is 9.88. The van der Waals surface area contributed by atoms with Crippen molar-refractivity contribution in [3.05, 3.63) is 0 Å². The molecule has 0 aliphatic heterocycles. The van der Waals surface area contributed by atoms with Crippen LogP contribution in [-0.4, -0.2) is 36.5 Å². The van der Waals surface area contributed by atoms with Gasteiger partial charge in [0.25, 0.3) is 0 Å². The molecule has 0 saturated heterocycles. The first kappa shape index (κ1) is 14.3. The molecule has 1 amide bonds. The van der Waals surface area contributed by atoms with Crippen molar-refractivity contribution in [2.75, 3.05) is 24.6 Å². The van der Waals surface area contributed by atoms with Crippen LogP contribution in [0.3, 0.4) is 0 Å². The molecular weight excluding hydrogens is 208 g/mol. The lowest BCUT2D eigenvalue weighted by atomic mass is 10.3. The Labute approximate surface area is 96.8 Å². The molecule has 1 atom stereocenters.